The minimum absolute atomic E-state index is 0.0370. The van der Waals surface area contributed by atoms with E-state index in [4.69, 9.17) is 4.74 Å². The van der Waals surface area contributed by atoms with Gasteiger partial charge in [-0.2, -0.15) is 0 Å². The van der Waals surface area contributed by atoms with Crippen molar-refractivity contribution in [2.24, 2.45) is 11.8 Å². The molecule has 0 aromatic rings. The van der Waals surface area contributed by atoms with E-state index >= 15 is 0 Å². The van der Waals surface area contributed by atoms with Gasteiger partial charge in [0.25, 0.3) is 0 Å². The first-order chi connectivity index (χ1) is 5.81. The molecule has 1 heterocycles. The van der Waals surface area contributed by atoms with E-state index in [9.17, 15) is 5.11 Å². The minimum Gasteiger partial charge on any atom is -0.393 e. The molecule has 0 aromatic carbocycles. The zero-order chi connectivity index (χ0) is 8.55. The number of hydrogen-bond donors (Lipinski definition) is 1. The number of hydrogen-bond acceptors (Lipinski definition) is 2. The lowest BCUT2D eigenvalue weighted by Gasteiger charge is -2.31. The molecular weight excluding hydrogens is 152 g/mol. The summed E-state index contributed by atoms with van der Waals surface area (Å²) in [5.74, 6) is 1.28. The van der Waals surface area contributed by atoms with Crippen LogP contribution in [0.15, 0.2) is 0 Å². The Balaban J connectivity index is 1.87. The molecule has 0 amide bonds. The largest absolute Gasteiger partial charge is 0.393 e. The van der Waals surface area contributed by atoms with E-state index in [0.29, 0.717) is 12.0 Å². The van der Waals surface area contributed by atoms with Gasteiger partial charge in [-0.15, -0.1) is 0 Å². The van der Waals surface area contributed by atoms with Crippen molar-refractivity contribution >= 4 is 0 Å². The van der Waals surface area contributed by atoms with Crippen molar-refractivity contribution in [2.45, 2.75) is 44.8 Å². The van der Waals surface area contributed by atoms with Gasteiger partial charge in [0.2, 0.25) is 0 Å². The summed E-state index contributed by atoms with van der Waals surface area (Å²) >= 11 is 0. The number of aliphatic hydroxyl groups excluding tert-OH is 1. The Morgan fingerprint density at radius 1 is 1.42 bits per heavy atom. The highest BCUT2D eigenvalue weighted by Crippen LogP contribution is 2.37. The Kier molecular flexibility index (Phi) is 2.37. The zero-order valence-electron chi connectivity index (χ0n) is 7.70. The number of rotatable bonds is 2. The summed E-state index contributed by atoms with van der Waals surface area (Å²) in [5, 5.41) is 9.65. The van der Waals surface area contributed by atoms with Gasteiger partial charge in [-0.1, -0.05) is 13.3 Å². The second-order valence-electron chi connectivity index (χ2n) is 4.18. The maximum absolute atomic E-state index is 9.65. The minimum atomic E-state index is -0.0370. The van der Waals surface area contributed by atoms with Crippen LogP contribution in [0.5, 0.6) is 0 Å². The summed E-state index contributed by atoms with van der Waals surface area (Å²) in [6.45, 7) is 3.14. The van der Waals surface area contributed by atoms with Gasteiger partial charge in [-0.3, -0.25) is 0 Å². The van der Waals surface area contributed by atoms with Crippen LogP contribution in [0.3, 0.4) is 0 Å². The van der Waals surface area contributed by atoms with E-state index in [-0.39, 0.29) is 6.10 Å². The van der Waals surface area contributed by atoms with Crippen LogP contribution in [0.25, 0.3) is 0 Å². The summed E-state index contributed by atoms with van der Waals surface area (Å²) in [7, 11) is 0. The fourth-order valence-corrected chi connectivity index (χ4v) is 2.39. The van der Waals surface area contributed by atoms with Crippen LogP contribution in [0.1, 0.15) is 32.6 Å². The molecule has 4 unspecified atom stereocenters. The first-order valence-electron chi connectivity index (χ1n) is 5.11. The smallest absolute Gasteiger partial charge is 0.0838 e. The molecule has 2 heteroatoms. The topological polar surface area (TPSA) is 32.8 Å². The predicted octanol–water partition coefficient (Wildman–Crippen LogP) is 1.57. The molecule has 0 spiro atoms. The lowest BCUT2D eigenvalue weighted by atomic mass is 9.77. The fraction of sp³-hybridized carbons (Fsp3) is 1.00. The van der Waals surface area contributed by atoms with Gasteiger partial charge in [-0.05, 0) is 31.1 Å². The average molecular weight is 170 g/mol. The molecule has 1 aliphatic carbocycles. The van der Waals surface area contributed by atoms with E-state index in [1.807, 2.05) is 0 Å². The van der Waals surface area contributed by atoms with Gasteiger partial charge in [-0.25, -0.2) is 0 Å². The van der Waals surface area contributed by atoms with E-state index in [0.717, 1.165) is 25.4 Å². The van der Waals surface area contributed by atoms with Crippen molar-refractivity contribution in [1.82, 2.24) is 0 Å². The van der Waals surface area contributed by atoms with Crippen LogP contribution < -0.4 is 0 Å². The highest BCUT2D eigenvalue weighted by Gasteiger charge is 2.38. The molecule has 1 N–H and O–H groups in total. The second kappa shape index (κ2) is 3.35. The molecule has 1 saturated carbocycles. The molecule has 70 valence electrons. The number of ether oxygens (including phenoxy) is 1. The van der Waals surface area contributed by atoms with E-state index in [1.54, 1.807) is 0 Å². The Morgan fingerprint density at radius 2 is 2.17 bits per heavy atom. The van der Waals surface area contributed by atoms with Crippen LogP contribution in [-0.4, -0.2) is 23.9 Å². The Hall–Kier alpha value is -0.0800. The van der Waals surface area contributed by atoms with Crippen LogP contribution in [0.4, 0.5) is 0 Å². The molecule has 2 aliphatic rings. The van der Waals surface area contributed by atoms with Gasteiger partial charge >= 0.3 is 0 Å². The molecular formula is C10H18O2. The Bertz CT molecular complexity index is 154. The molecule has 1 aliphatic heterocycles. The summed E-state index contributed by atoms with van der Waals surface area (Å²) in [4.78, 5) is 0. The SMILES string of the molecule is CCC1CC(C2CO2)CCC1O. The van der Waals surface area contributed by atoms with Crippen molar-refractivity contribution in [3.05, 3.63) is 0 Å². The molecule has 0 radical (unpaired) electrons. The van der Waals surface area contributed by atoms with Crippen LogP contribution in [0.2, 0.25) is 0 Å². The fourth-order valence-electron chi connectivity index (χ4n) is 2.39. The van der Waals surface area contributed by atoms with Crippen molar-refractivity contribution in [1.29, 1.82) is 0 Å². The van der Waals surface area contributed by atoms with Gasteiger partial charge in [0, 0.05) is 0 Å². The molecule has 0 bridgehead atoms. The zero-order valence-corrected chi connectivity index (χ0v) is 7.70. The Labute approximate surface area is 73.9 Å². The lowest BCUT2D eigenvalue weighted by molar-refractivity contribution is 0.0398. The molecule has 0 aromatic heterocycles. The monoisotopic (exact) mass is 170 g/mol. The molecule has 12 heavy (non-hydrogen) atoms. The van der Waals surface area contributed by atoms with Crippen molar-refractivity contribution in [2.75, 3.05) is 6.61 Å². The maximum atomic E-state index is 9.65. The van der Waals surface area contributed by atoms with Crippen LogP contribution in [-0.2, 0) is 4.74 Å². The third-order valence-corrected chi connectivity index (χ3v) is 3.39. The highest BCUT2D eigenvalue weighted by atomic mass is 16.6. The molecule has 2 nitrogen and oxygen atoms in total. The Morgan fingerprint density at radius 3 is 2.75 bits per heavy atom. The van der Waals surface area contributed by atoms with Gasteiger partial charge in [0.15, 0.2) is 0 Å². The second-order valence-corrected chi connectivity index (χ2v) is 4.18. The summed E-state index contributed by atoms with van der Waals surface area (Å²) in [6, 6.07) is 0. The third kappa shape index (κ3) is 1.64. The van der Waals surface area contributed by atoms with Crippen molar-refractivity contribution < 1.29 is 9.84 Å². The number of aliphatic hydroxyl groups is 1. The van der Waals surface area contributed by atoms with Crippen LogP contribution in [0, 0.1) is 11.8 Å². The summed E-state index contributed by atoms with van der Waals surface area (Å²) in [5.41, 5.74) is 0. The first kappa shape index (κ1) is 8.52. The summed E-state index contributed by atoms with van der Waals surface area (Å²) in [6.07, 6.45) is 4.97. The van der Waals surface area contributed by atoms with Crippen molar-refractivity contribution in [3.63, 3.8) is 0 Å². The summed E-state index contributed by atoms with van der Waals surface area (Å²) < 4.78 is 5.29. The van der Waals surface area contributed by atoms with Gasteiger partial charge < -0.3 is 9.84 Å². The highest BCUT2D eigenvalue weighted by molar-refractivity contribution is 4.87. The lowest BCUT2D eigenvalue weighted by Crippen LogP contribution is -2.30. The normalized spacial score (nSPS) is 47.5. The molecule has 2 rings (SSSR count). The number of epoxide rings is 1. The quantitative estimate of drug-likeness (QED) is 0.638. The van der Waals surface area contributed by atoms with E-state index < -0.39 is 0 Å². The van der Waals surface area contributed by atoms with Crippen molar-refractivity contribution in [3.8, 4) is 0 Å². The van der Waals surface area contributed by atoms with E-state index in [1.165, 1.54) is 12.8 Å². The average Bonchev–Trinajstić information content (AvgIpc) is 2.88. The third-order valence-electron chi connectivity index (χ3n) is 3.39. The maximum Gasteiger partial charge on any atom is 0.0838 e. The predicted molar refractivity (Wildman–Crippen MR) is 46.9 cm³/mol. The van der Waals surface area contributed by atoms with E-state index in [2.05, 4.69) is 6.92 Å². The molecule has 2 fully saturated rings. The van der Waals surface area contributed by atoms with Gasteiger partial charge in [0.1, 0.15) is 0 Å². The van der Waals surface area contributed by atoms with Gasteiger partial charge in [0.05, 0.1) is 18.8 Å². The standard InChI is InChI=1S/C10H18O2/c1-2-7-5-8(10-6-12-10)3-4-9(7)11/h7-11H,2-6H2,1H3. The molecule has 4 atom stereocenters. The first-order valence-corrected chi connectivity index (χ1v) is 5.11. The van der Waals surface area contributed by atoms with Crippen LogP contribution >= 0.6 is 0 Å². The molecule has 1 saturated heterocycles.